The first-order valence-electron chi connectivity index (χ1n) is 10.2. The summed E-state index contributed by atoms with van der Waals surface area (Å²) in [6.07, 6.45) is -4.96. The van der Waals surface area contributed by atoms with E-state index in [0.29, 0.717) is 30.2 Å². The molecule has 1 aromatic carbocycles. The number of nitrogens with one attached hydrogen (secondary N) is 2. The molecule has 2 aromatic rings. The molecule has 0 bridgehead atoms. The second-order valence-corrected chi connectivity index (χ2v) is 8.42. The van der Waals surface area contributed by atoms with E-state index in [1.165, 1.54) is 23.2 Å². The molecule has 178 valence electrons. The van der Waals surface area contributed by atoms with Crippen LogP contribution in [0.2, 0.25) is 0 Å². The molecule has 0 radical (unpaired) electrons. The number of ether oxygens (including phenoxy) is 1. The highest BCUT2D eigenvalue weighted by Crippen LogP contribution is 2.27. The molecule has 3 rings (SSSR count). The van der Waals surface area contributed by atoms with Crippen molar-refractivity contribution < 1.29 is 32.3 Å². The van der Waals surface area contributed by atoms with Crippen LogP contribution in [0, 0.1) is 5.92 Å². The van der Waals surface area contributed by atoms with Crippen LogP contribution < -0.4 is 10.6 Å². The van der Waals surface area contributed by atoms with Crippen molar-refractivity contribution in [1.29, 1.82) is 0 Å². The van der Waals surface area contributed by atoms with Gasteiger partial charge in [0.25, 0.3) is 0 Å². The Balaban J connectivity index is 1.48. The highest BCUT2D eigenvalue weighted by atomic mass is 32.1. The normalized spacial score (nSPS) is 14.6. The largest absolute Gasteiger partial charge is 0.440 e. The van der Waals surface area contributed by atoms with Gasteiger partial charge >= 0.3 is 12.3 Å². The second kappa shape index (κ2) is 10.6. The lowest BCUT2D eigenvalue weighted by atomic mass is 9.96. The first kappa shape index (κ1) is 24.5. The molecular weight excluding hydrogens is 461 g/mol. The fourth-order valence-corrected chi connectivity index (χ4v) is 3.97. The van der Waals surface area contributed by atoms with E-state index in [2.05, 4.69) is 20.4 Å². The summed E-state index contributed by atoms with van der Waals surface area (Å²) < 4.78 is 40.8. The van der Waals surface area contributed by atoms with Crippen molar-refractivity contribution in [3.63, 3.8) is 0 Å². The molecule has 0 unspecified atom stereocenters. The molecule has 2 heterocycles. The SMILES string of the molecule is CC(=O)NCc1ccc(-c2csc(NC(=O)C3CCN(C(=O)OCC(F)(F)F)CC3)n2)cc1. The van der Waals surface area contributed by atoms with Gasteiger partial charge in [0.05, 0.1) is 5.69 Å². The van der Waals surface area contributed by atoms with E-state index in [4.69, 9.17) is 0 Å². The fraction of sp³-hybridized carbons (Fsp3) is 0.429. The molecule has 33 heavy (non-hydrogen) atoms. The molecular formula is C21H23F3N4O4S. The van der Waals surface area contributed by atoms with Crippen LogP contribution in [0.3, 0.4) is 0 Å². The zero-order chi connectivity index (χ0) is 24.0. The van der Waals surface area contributed by atoms with Gasteiger partial charge in [-0.3, -0.25) is 9.59 Å². The molecule has 0 saturated carbocycles. The number of aromatic nitrogens is 1. The van der Waals surface area contributed by atoms with Crippen molar-refractivity contribution in [2.45, 2.75) is 32.5 Å². The number of anilines is 1. The zero-order valence-corrected chi connectivity index (χ0v) is 18.6. The highest BCUT2D eigenvalue weighted by molar-refractivity contribution is 7.14. The van der Waals surface area contributed by atoms with Crippen molar-refractivity contribution in [2.75, 3.05) is 25.0 Å². The molecule has 3 amide bonds. The van der Waals surface area contributed by atoms with Gasteiger partial charge < -0.3 is 20.3 Å². The Morgan fingerprint density at radius 1 is 1.18 bits per heavy atom. The number of carbonyl (C=O) groups excluding carboxylic acids is 3. The van der Waals surface area contributed by atoms with Crippen LogP contribution in [-0.2, 0) is 20.9 Å². The topological polar surface area (TPSA) is 101 Å². The van der Waals surface area contributed by atoms with E-state index in [0.717, 1.165) is 11.1 Å². The Bertz CT molecular complexity index is 986. The quantitative estimate of drug-likeness (QED) is 0.650. The molecule has 1 aliphatic heterocycles. The maximum Gasteiger partial charge on any atom is 0.422 e. The van der Waals surface area contributed by atoms with Crippen molar-refractivity contribution in [1.82, 2.24) is 15.2 Å². The summed E-state index contributed by atoms with van der Waals surface area (Å²) >= 11 is 1.28. The minimum absolute atomic E-state index is 0.106. The van der Waals surface area contributed by atoms with Gasteiger partial charge in [0.1, 0.15) is 0 Å². The summed E-state index contributed by atoms with van der Waals surface area (Å²) in [5.74, 6) is -0.729. The smallest absolute Gasteiger partial charge is 0.422 e. The molecule has 1 aliphatic rings. The number of likely N-dealkylation sites (tertiary alicyclic amines) is 1. The molecule has 1 aromatic heterocycles. The van der Waals surface area contributed by atoms with E-state index in [-0.39, 0.29) is 30.8 Å². The second-order valence-electron chi connectivity index (χ2n) is 7.56. The fourth-order valence-electron chi connectivity index (χ4n) is 3.25. The van der Waals surface area contributed by atoms with Gasteiger partial charge in [0, 0.05) is 43.4 Å². The monoisotopic (exact) mass is 484 g/mol. The number of hydrogen-bond donors (Lipinski definition) is 2. The Morgan fingerprint density at radius 2 is 1.85 bits per heavy atom. The summed E-state index contributed by atoms with van der Waals surface area (Å²) in [4.78, 5) is 40.9. The van der Waals surface area contributed by atoms with Crippen molar-refractivity contribution in [2.24, 2.45) is 5.92 Å². The van der Waals surface area contributed by atoms with Gasteiger partial charge in [-0.25, -0.2) is 9.78 Å². The van der Waals surface area contributed by atoms with Gasteiger partial charge in [0.15, 0.2) is 11.7 Å². The minimum atomic E-state index is -4.57. The number of hydrogen-bond acceptors (Lipinski definition) is 6. The lowest BCUT2D eigenvalue weighted by Gasteiger charge is -2.30. The average Bonchev–Trinajstić information content (AvgIpc) is 3.24. The van der Waals surface area contributed by atoms with Gasteiger partial charge in [-0.1, -0.05) is 24.3 Å². The van der Waals surface area contributed by atoms with Crippen LogP contribution >= 0.6 is 11.3 Å². The maximum absolute atomic E-state index is 12.6. The lowest BCUT2D eigenvalue weighted by molar-refractivity contribution is -0.162. The summed E-state index contributed by atoms with van der Waals surface area (Å²) in [5, 5.41) is 7.75. The highest BCUT2D eigenvalue weighted by Gasteiger charge is 2.33. The molecule has 0 atom stereocenters. The number of rotatable bonds is 6. The first-order chi connectivity index (χ1) is 15.6. The molecule has 2 N–H and O–H groups in total. The Kier molecular flexibility index (Phi) is 7.90. The van der Waals surface area contributed by atoms with Crippen LogP contribution in [0.25, 0.3) is 11.3 Å². The number of piperidine rings is 1. The molecule has 12 heteroatoms. The maximum atomic E-state index is 12.6. The van der Waals surface area contributed by atoms with Gasteiger partial charge in [-0.2, -0.15) is 13.2 Å². The minimum Gasteiger partial charge on any atom is -0.440 e. The predicted molar refractivity (Wildman–Crippen MR) is 115 cm³/mol. The van der Waals surface area contributed by atoms with Crippen molar-refractivity contribution in [3.05, 3.63) is 35.2 Å². The van der Waals surface area contributed by atoms with Gasteiger partial charge in [0.2, 0.25) is 11.8 Å². The van der Waals surface area contributed by atoms with Crippen molar-refractivity contribution in [3.8, 4) is 11.3 Å². The molecule has 0 aliphatic carbocycles. The number of alkyl halides is 3. The number of carbonyl (C=O) groups is 3. The lowest BCUT2D eigenvalue weighted by Crippen LogP contribution is -2.42. The summed E-state index contributed by atoms with van der Waals surface area (Å²) in [6, 6.07) is 7.53. The van der Waals surface area contributed by atoms with E-state index in [1.807, 2.05) is 29.6 Å². The molecule has 0 spiro atoms. The summed E-state index contributed by atoms with van der Waals surface area (Å²) in [7, 11) is 0. The van der Waals surface area contributed by atoms with Crippen LogP contribution in [-0.4, -0.2) is 53.7 Å². The van der Waals surface area contributed by atoms with Gasteiger partial charge in [-0.15, -0.1) is 11.3 Å². The number of amides is 3. The zero-order valence-electron chi connectivity index (χ0n) is 17.8. The molecule has 8 nitrogen and oxygen atoms in total. The van der Waals surface area contributed by atoms with E-state index < -0.39 is 18.9 Å². The van der Waals surface area contributed by atoms with Crippen LogP contribution in [0.4, 0.5) is 23.1 Å². The number of thiazole rings is 1. The third-order valence-electron chi connectivity index (χ3n) is 5.01. The van der Waals surface area contributed by atoms with Crippen LogP contribution in [0.1, 0.15) is 25.3 Å². The third kappa shape index (κ3) is 7.45. The summed E-state index contributed by atoms with van der Waals surface area (Å²) in [5.41, 5.74) is 2.51. The Hall–Kier alpha value is -3.15. The van der Waals surface area contributed by atoms with Crippen LogP contribution in [0.5, 0.6) is 0 Å². The Labute approximate surface area is 192 Å². The predicted octanol–water partition coefficient (Wildman–Crippen LogP) is 3.80. The van der Waals surface area contributed by atoms with E-state index in [9.17, 15) is 27.6 Å². The molecule has 1 fully saturated rings. The standard InChI is InChI=1S/C21H23F3N4O4S/c1-13(29)25-10-14-2-4-15(5-3-14)17-11-33-19(26-17)27-18(30)16-6-8-28(9-7-16)20(31)32-12-21(22,23)24/h2-5,11,16H,6-10,12H2,1H3,(H,25,29)(H,26,27,30). The van der Waals surface area contributed by atoms with E-state index >= 15 is 0 Å². The Morgan fingerprint density at radius 3 is 2.45 bits per heavy atom. The third-order valence-corrected chi connectivity index (χ3v) is 5.77. The van der Waals surface area contributed by atoms with E-state index in [1.54, 1.807) is 0 Å². The van der Waals surface area contributed by atoms with Crippen molar-refractivity contribution >= 4 is 34.4 Å². The number of benzene rings is 1. The number of nitrogens with zero attached hydrogens (tertiary/aromatic N) is 2. The summed E-state index contributed by atoms with van der Waals surface area (Å²) in [6.45, 7) is 0.546. The van der Waals surface area contributed by atoms with Gasteiger partial charge in [-0.05, 0) is 18.4 Å². The molecule has 1 saturated heterocycles. The van der Waals surface area contributed by atoms with Crippen LogP contribution in [0.15, 0.2) is 29.6 Å². The first-order valence-corrected chi connectivity index (χ1v) is 11.1. The average molecular weight is 485 g/mol. The number of halogens is 3.